The van der Waals surface area contributed by atoms with Crippen LogP contribution in [0.25, 0.3) is 0 Å². The fraction of sp³-hybridized carbons (Fsp3) is 0.529. The lowest BCUT2D eigenvalue weighted by Crippen LogP contribution is -2.44. The Hall–Kier alpha value is -1.34. The third-order valence-corrected chi connectivity index (χ3v) is 4.55. The lowest BCUT2D eigenvalue weighted by molar-refractivity contribution is 0.0310. The first-order valence-corrected chi connectivity index (χ1v) is 7.48. The molecule has 3 heteroatoms. The van der Waals surface area contributed by atoms with Crippen molar-refractivity contribution in [3.05, 3.63) is 35.4 Å². The Morgan fingerprint density at radius 3 is 2.60 bits per heavy atom. The number of nitrogens with zero attached hydrogens (tertiary/aromatic N) is 1. The van der Waals surface area contributed by atoms with Crippen LogP contribution in [-0.4, -0.2) is 34.7 Å². The first kappa shape index (κ1) is 13.6. The molecule has 3 rings (SSSR count). The third kappa shape index (κ3) is 2.73. The minimum absolute atomic E-state index is 0.101. The lowest BCUT2D eigenvalue weighted by atomic mass is 9.98. The Bertz CT molecular complexity index is 517. The first-order valence-electron chi connectivity index (χ1n) is 7.48. The molecule has 0 aromatic heterocycles. The molecule has 3 N–H and O–H groups in total. The second-order valence-corrected chi connectivity index (χ2v) is 5.85. The molecule has 0 spiro atoms. The van der Waals surface area contributed by atoms with Crippen LogP contribution >= 0.6 is 0 Å². The van der Waals surface area contributed by atoms with Gasteiger partial charge >= 0.3 is 0 Å². The molecule has 106 valence electrons. The number of piperidine rings is 1. The van der Waals surface area contributed by atoms with Crippen LogP contribution in [0.4, 0.5) is 0 Å². The van der Waals surface area contributed by atoms with Crippen LogP contribution < -0.4 is 5.73 Å². The zero-order chi connectivity index (χ0) is 13.9. The van der Waals surface area contributed by atoms with Gasteiger partial charge < -0.3 is 10.8 Å². The minimum atomic E-state index is -0.101. The molecule has 0 saturated carbocycles. The monoisotopic (exact) mass is 270 g/mol. The standard InChI is InChI=1S/C17H22N2O/c18-9-3-6-13-4-1-2-5-14(13)12-19-15-7-8-16(19)11-17(20)10-15/h1-2,4-5,15-17,20H,7-12,18H2. The van der Waals surface area contributed by atoms with Crippen LogP contribution in [0.2, 0.25) is 0 Å². The summed E-state index contributed by atoms with van der Waals surface area (Å²) < 4.78 is 0. The Labute approximate surface area is 120 Å². The summed E-state index contributed by atoms with van der Waals surface area (Å²) in [6.45, 7) is 1.34. The van der Waals surface area contributed by atoms with Crippen molar-refractivity contribution < 1.29 is 5.11 Å². The van der Waals surface area contributed by atoms with Gasteiger partial charge in [-0.15, -0.1) is 0 Å². The SMILES string of the molecule is NCC#Cc1ccccc1CN1C2CCC1CC(O)C2. The van der Waals surface area contributed by atoms with Crippen molar-refractivity contribution in [1.82, 2.24) is 4.90 Å². The normalized spacial score (nSPS) is 29.0. The summed E-state index contributed by atoms with van der Waals surface area (Å²) in [7, 11) is 0. The van der Waals surface area contributed by atoms with E-state index < -0.39 is 0 Å². The van der Waals surface area contributed by atoms with Crippen LogP contribution in [-0.2, 0) is 6.54 Å². The predicted molar refractivity (Wildman–Crippen MR) is 80.0 cm³/mol. The van der Waals surface area contributed by atoms with E-state index in [1.807, 2.05) is 6.07 Å². The van der Waals surface area contributed by atoms with Crippen molar-refractivity contribution in [3.63, 3.8) is 0 Å². The van der Waals surface area contributed by atoms with Crippen molar-refractivity contribution in [1.29, 1.82) is 0 Å². The number of hydrogen-bond donors (Lipinski definition) is 2. The lowest BCUT2D eigenvalue weighted by Gasteiger charge is -2.37. The van der Waals surface area contributed by atoms with E-state index in [0.717, 1.165) is 24.9 Å². The molecular weight excluding hydrogens is 248 g/mol. The number of benzene rings is 1. The largest absolute Gasteiger partial charge is 0.393 e. The molecule has 3 nitrogen and oxygen atoms in total. The second-order valence-electron chi connectivity index (χ2n) is 5.85. The van der Waals surface area contributed by atoms with Crippen LogP contribution in [0.5, 0.6) is 0 Å². The van der Waals surface area contributed by atoms with Gasteiger partial charge in [-0.3, -0.25) is 4.90 Å². The van der Waals surface area contributed by atoms with Gasteiger partial charge in [-0.1, -0.05) is 30.0 Å². The molecule has 2 saturated heterocycles. The number of aliphatic hydroxyl groups excluding tert-OH is 1. The van der Waals surface area contributed by atoms with Crippen LogP contribution in [0.15, 0.2) is 24.3 Å². The maximum atomic E-state index is 9.88. The zero-order valence-electron chi connectivity index (χ0n) is 11.8. The van der Waals surface area contributed by atoms with E-state index in [4.69, 9.17) is 5.73 Å². The van der Waals surface area contributed by atoms with Crippen molar-refractivity contribution in [2.45, 2.75) is 50.4 Å². The first-order chi connectivity index (χ1) is 9.78. The van der Waals surface area contributed by atoms with Gasteiger partial charge in [0, 0.05) is 24.2 Å². The Morgan fingerprint density at radius 1 is 1.20 bits per heavy atom. The molecule has 2 aliphatic rings. The summed E-state index contributed by atoms with van der Waals surface area (Å²) in [5, 5.41) is 9.88. The van der Waals surface area contributed by atoms with Crippen molar-refractivity contribution in [3.8, 4) is 11.8 Å². The molecular formula is C17H22N2O. The molecule has 0 aliphatic carbocycles. The molecule has 2 fully saturated rings. The van der Waals surface area contributed by atoms with E-state index in [9.17, 15) is 5.11 Å². The molecule has 20 heavy (non-hydrogen) atoms. The molecule has 0 radical (unpaired) electrons. The van der Waals surface area contributed by atoms with Gasteiger partial charge in [0.15, 0.2) is 0 Å². The van der Waals surface area contributed by atoms with E-state index in [0.29, 0.717) is 18.6 Å². The average molecular weight is 270 g/mol. The molecule has 2 atom stereocenters. The minimum Gasteiger partial charge on any atom is -0.393 e. The summed E-state index contributed by atoms with van der Waals surface area (Å²) in [5.41, 5.74) is 7.83. The van der Waals surface area contributed by atoms with E-state index >= 15 is 0 Å². The maximum Gasteiger partial charge on any atom is 0.0570 e. The Kier molecular flexibility index (Phi) is 4.07. The summed E-state index contributed by atoms with van der Waals surface area (Å²) >= 11 is 0. The maximum absolute atomic E-state index is 9.88. The van der Waals surface area contributed by atoms with Crippen molar-refractivity contribution >= 4 is 0 Å². The third-order valence-electron chi connectivity index (χ3n) is 4.55. The zero-order valence-corrected chi connectivity index (χ0v) is 11.8. The fourth-order valence-electron chi connectivity index (χ4n) is 3.63. The molecule has 0 amide bonds. The number of aliphatic hydroxyl groups is 1. The van der Waals surface area contributed by atoms with Crippen LogP contribution in [0.1, 0.15) is 36.8 Å². The van der Waals surface area contributed by atoms with E-state index in [1.54, 1.807) is 0 Å². The summed E-state index contributed by atoms with van der Waals surface area (Å²) in [5.74, 6) is 6.12. The Morgan fingerprint density at radius 2 is 1.90 bits per heavy atom. The smallest absolute Gasteiger partial charge is 0.0570 e. The fourth-order valence-corrected chi connectivity index (χ4v) is 3.63. The topological polar surface area (TPSA) is 49.5 Å². The Balaban J connectivity index is 1.79. The highest BCUT2D eigenvalue weighted by atomic mass is 16.3. The van der Waals surface area contributed by atoms with Crippen molar-refractivity contribution in [2.75, 3.05) is 6.54 Å². The van der Waals surface area contributed by atoms with Gasteiger partial charge in [-0.25, -0.2) is 0 Å². The number of nitrogens with two attached hydrogens (primary N) is 1. The number of rotatable bonds is 2. The average Bonchev–Trinajstić information content (AvgIpc) is 2.69. The molecule has 2 bridgehead atoms. The van der Waals surface area contributed by atoms with E-state index in [-0.39, 0.29) is 6.10 Å². The van der Waals surface area contributed by atoms with Gasteiger partial charge in [0.1, 0.15) is 0 Å². The predicted octanol–water partition coefficient (Wildman–Crippen LogP) is 1.48. The molecule has 2 aliphatic heterocycles. The van der Waals surface area contributed by atoms with Gasteiger partial charge in [0.25, 0.3) is 0 Å². The van der Waals surface area contributed by atoms with Gasteiger partial charge in [-0.05, 0) is 37.3 Å². The molecule has 1 aromatic carbocycles. The van der Waals surface area contributed by atoms with Gasteiger partial charge in [0.05, 0.1) is 12.6 Å². The van der Waals surface area contributed by atoms with Crippen LogP contribution in [0, 0.1) is 11.8 Å². The number of fused-ring (bicyclic) bond motifs is 2. The summed E-state index contributed by atoms with van der Waals surface area (Å²) in [4.78, 5) is 2.57. The quantitative estimate of drug-likeness (QED) is 0.800. The number of hydrogen-bond acceptors (Lipinski definition) is 3. The van der Waals surface area contributed by atoms with Gasteiger partial charge in [0.2, 0.25) is 0 Å². The summed E-state index contributed by atoms with van der Waals surface area (Å²) in [6, 6.07) is 9.41. The highest BCUT2D eigenvalue weighted by Gasteiger charge is 2.39. The van der Waals surface area contributed by atoms with Gasteiger partial charge in [-0.2, -0.15) is 0 Å². The van der Waals surface area contributed by atoms with Crippen LogP contribution in [0.3, 0.4) is 0 Å². The highest BCUT2D eigenvalue weighted by Crippen LogP contribution is 2.36. The van der Waals surface area contributed by atoms with E-state index in [1.165, 1.54) is 18.4 Å². The molecule has 2 unspecified atom stereocenters. The second kappa shape index (κ2) is 5.97. The summed E-state index contributed by atoms with van der Waals surface area (Å²) in [6.07, 6.45) is 4.19. The molecule has 2 heterocycles. The molecule has 1 aromatic rings. The van der Waals surface area contributed by atoms with Crippen molar-refractivity contribution in [2.24, 2.45) is 5.73 Å². The van der Waals surface area contributed by atoms with E-state index in [2.05, 4.69) is 34.9 Å². The highest BCUT2D eigenvalue weighted by molar-refractivity contribution is 5.41.